The van der Waals surface area contributed by atoms with Gasteiger partial charge in [0.1, 0.15) is 0 Å². The largest absolute Gasteiger partial charge is 0.349 e. The first-order valence-electron chi connectivity index (χ1n) is 10.4. The molecule has 2 amide bonds. The molecule has 1 saturated carbocycles. The number of carbonyl (C=O) groups excluding carboxylic acids is 2. The first-order chi connectivity index (χ1) is 15.4. The minimum Gasteiger partial charge on any atom is -0.349 e. The van der Waals surface area contributed by atoms with Crippen molar-refractivity contribution in [1.82, 2.24) is 10.6 Å². The van der Waals surface area contributed by atoms with Crippen LogP contribution < -0.4 is 16.0 Å². The predicted octanol–water partition coefficient (Wildman–Crippen LogP) is 4.18. The molecule has 166 valence electrons. The fourth-order valence-electron chi connectivity index (χ4n) is 3.48. The van der Waals surface area contributed by atoms with Crippen LogP contribution >= 0.6 is 12.2 Å². The van der Waals surface area contributed by atoms with Gasteiger partial charge in [-0.05, 0) is 54.9 Å². The van der Waals surface area contributed by atoms with Crippen LogP contribution in [-0.2, 0) is 4.79 Å². The first-order valence-corrected chi connectivity index (χ1v) is 10.8. The Morgan fingerprint density at radius 2 is 1.81 bits per heavy atom. The molecule has 0 atom stereocenters. The Balaban J connectivity index is 1.53. The van der Waals surface area contributed by atoms with Gasteiger partial charge in [-0.15, -0.1) is 0 Å². The molecule has 32 heavy (non-hydrogen) atoms. The lowest BCUT2D eigenvalue weighted by molar-refractivity contribution is -0.384. The normalized spacial score (nSPS) is 14.0. The number of nitrogens with zero attached hydrogens (tertiary/aromatic N) is 1. The molecule has 0 heterocycles. The molecule has 0 radical (unpaired) electrons. The monoisotopic (exact) mass is 452 g/mol. The zero-order valence-electron chi connectivity index (χ0n) is 17.4. The van der Waals surface area contributed by atoms with Crippen LogP contribution in [0.3, 0.4) is 0 Å². The molecule has 0 aromatic heterocycles. The van der Waals surface area contributed by atoms with Crippen LogP contribution in [0.25, 0.3) is 6.08 Å². The molecule has 3 rings (SSSR count). The molecular formula is C23H24N4O4S. The second kappa shape index (κ2) is 11.1. The summed E-state index contributed by atoms with van der Waals surface area (Å²) in [7, 11) is 0. The zero-order valence-corrected chi connectivity index (χ0v) is 18.2. The van der Waals surface area contributed by atoms with Crippen molar-refractivity contribution in [3.8, 4) is 0 Å². The summed E-state index contributed by atoms with van der Waals surface area (Å²) in [5, 5.41) is 19.4. The lowest BCUT2D eigenvalue weighted by atomic mass is 9.95. The van der Waals surface area contributed by atoms with Gasteiger partial charge in [-0.1, -0.05) is 37.5 Å². The van der Waals surface area contributed by atoms with E-state index in [1.807, 2.05) is 0 Å². The third-order valence-electron chi connectivity index (χ3n) is 5.07. The van der Waals surface area contributed by atoms with Crippen LogP contribution in [0.2, 0.25) is 0 Å². The van der Waals surface area contributed by atoms with Crippen LogP contribution in [0.4, 0.5) is 11.4 Å². The molecule has 2 aromatic rings. The Morgan fingerprint density at radius 3 is 2.56 bits per heavy atom. The molecule has 0 saturated heterocycles. The van der Waals surface area contributed by atoms with E-state index in [2.05, 4.69) is 16.0 Å². The molecule has 0 bridgehead atoms. The fraction of sp³-hybridized carbons (Fsp3) is 0.261. The van der Waals surface area contributed by atoms with Gasteiger partial charge >= 0.3 is 0 Å². The van der Waals surface area contributed by atoms with Gasteiger partial charge in [0.15, 0.2) is 5.11 Å². The van der Waals surface area contributed by atoms with E-state index in [0.717, 1.165) is 25.7 Å². The number of anilines is 1. The summed E-state index contributed by atoms with van der Waals surface area (Å²) in [6, 6.07) is 13.0. The number of non-ortho nitro benzene ring substituents is 1. The van der Waals surface area contributed by atoms with Crippen LogP contribution in [0, 0.1) is 10.1 Å². The quantitative estimate of drug-likeness (QED) is 0.262. The van der Waals surface area contributed by atoms with E-state index in [0.29, 0.717) is 16.8 Å². The smallest absolute Gasteiger partial charge is 0.270 e. The highest BCUT2D eigenvalue weighted by molar-refractivity contribution is 7.80. The third kappa shape index (κ3) is 6.98. The minimum atomic E-state index is -0.500. The van der Waals surface area contributed by atoms with Crippen LogP contribution in [0.5, 0.6) is 0 Å². The number of amides is 2. The van der Waals surface area contributed by atoms with Gasteiger partial charge in [0.05, 0.1) is 4.92 Å². The number of hydrogen-bond donors (Lipinski definition) is 3. The summed E-state index contributed by atoms with van der Waals surface area (Å²) in [6.07, 6.45) is 8.19. The highest BCUT2D eigenvalue weighted by atomic mass is 32.1. The molecule has 8 nitrogen and oxygen atoms in total. The van der Waals surface area contributed by atoms with Gasteiger partial charge in [0, 0.05) is 35.5 Å². The van der Waals surface area contributed by atoms with E-state index in [1.54, 1.807) is 36.4 Å². The van der Waals surface area contributed by atoms with Crippen molar-refractivity contribution in [2.24, 2.45) is 0 Å². The average molecular weight is 453 g/mol. The second-order valence-corrected chi connectivity index (χ2v) is 7.93. The highest BCUT2D eigenvalue weighted by Gasteiger charge is 2.17. The number of rotatable bonds is 6. The zero-order chi connectivity index (χ0) is 22.9. The molecule has 2 aromatic carbocycles. The Labute approximate surface area is 191 Å². The van der Waals surface area contributed by atoms with Crippen molar-refractivity contribution < 1.29 is 14.5 Å². The number of nitro groups is 1. The summed E-state index contributed by atoms with van der Waals surface area (Å²) in [4.78, 5) is 35.0. The van der Waals surface area contributed by atoms with Gasteiger partial charge < -0.3 is 10.6 Å². The van der Waals surface area contributed by atoms with E-state index in [9.17, 15) is 19.7 Å². The summed E-state index contributed by atoms with van der Waals surface area (Å²) in [5.74, 6) is -0.615. The van der Waals surface area contributed by atoms with E-state index in [4.69, 9.17) is 12.2 Å². The fourth-order valence-corrected chi connectivity index (χ4v) is 3.70. The maximum atomic E-state index is 12.5. The van der Waals surface area contributed by atoms with Crippen molar-refractivity contribution in [1.29, 1.82) is 0 Å². The third-order valence-corrected chi connectivity index (χ3v) is 5.27. The summed E-state index contributed by atoms with van der Waals surface area (Å²) < 4.78 is 0. The van der Waals surface area contributed by atoms with Crippen LogP contribution in [0.15, 0.2) is 54.6 Å². The number of nitrogens with one attached hydrogen (secondary N) is 3. The van der Waals surface area contributed by atoms with Crippen molar-refractivity contribution in [3.05, 3.63) is 75.8 Å². The molecule has 3 N–H and O–H groups in total. The molecule has 0 aliphatic heterocycles. The SMILES string of the molecule is O=C(/C=C/c1cccc([N+](=O)[O-])c1)NC(=S)Nc1cccc(C(=O)NC2CCCCC2)c1. The van der Waals surface area contributed by atoms with Crippen molar-refractivity contribution in [2.45, 2.75) is 38.1 Å². The molecular weight excluding hydrogens is 428 g/mol. The minimum absolute atomic E-state index is 0.0582. The lowest BCUT2D eigenvalue weighted by Gasteiger charge is -2.22. The van der Waals surface area contributed by atoms with Gasteiger partial charge in [0.2, 0.25) is 5.91 Å². The van der Waals surface area contributed by atoms with E-state index in [-0.39, 0.29) is 22.7 Å². The Bertz CT molecular complexity index is 1050. The lowest BCUT2D eigenvalue weighted by Crippen LogP contribution is -2.36. The summed E-state index contributed by atoms with van der Waals surface area (Å²) in [5.41, 5.74) is 1.55. The Hall–Kier alpha value is -3.59. The highest BCUT2D eigenvalue weighted by Crippen LogP contribution is 2.18. The maximum absolute atomic E-state index is 12.5. The van der Waals surface area contributed by atoms with Crippen molar-refractivity contribution in [3.63, 3.8) is 0 Å². The average Bonchev–Trinajstić information content (AvgIpc) is 2.78. The Morgan fingerprint density at radius 1 is 1.06 bits per heavy atom. The van der Waals surface area contributed by atoms with E-state index in [1.165, 1.54) is 30.7 Å². The molecule has 0 spiro atoms. The van der Waals surface area contributed by atoms with Crippen LogP contribution in [0.1, 0.15) is 48.0 Å². The maximum Gasteiger partial charge on any atom is 0.270 e. The molecule has 1 fully saturated rings. The summed E-state index contributed by atoms with van der Waals surface area (Å²) in [6.45, 7) is 0. The number of nitro benzene ring substituents is 1. The number of hydrogen-bond acceptors (Lipinski definition) is 5. The second-order valence-electron chi connectivity index (χ2n) is 7.52. The predicted molar refractivity (Wildman–Crippen MR) is 127 cm³/mol. The molecule has 0 unspecified atom stereocenters. The topological polar surface area (TPSA) is 113 Å². The van der Waals surface area contributed by atoms with Crippen LogP contribution in [-0.4, -0.2) is 27.9 Å². The number of benzene rings is 2. The van der Waals surface area contributed by atoms with E-state index < -0.39 is 10.8 Å². The van der Waals surface area contributed by atoms with Gasteiger partial charge in [-0.25, -0.2) is 0 Å². The summed E-state index contributed by atoms with van der Waals surface area (Å²) >= 11 is 5.17. The van der Waals surface area contributed by atoms with Gasteiger partial charge in [0.25, 0.3) is 11.6 Å². The van der Waals surface area contributed by atoms with Gasteiger partial charge in [-0.3, -0.25) is 25.0 Å². The standard InChI is InChI=1S/C23H24N4O4S/c28-21(13-12-16-6-4-11-20(14-16)27(30)31)26-23(32)25-19-10-5-7-17(15-19)22(29)24-18-8-2-1-3-9-18/h4-7,10-15,18H,1-3,8-9H2,(H,24,29)(H2,25,26,28,32)/b13-12+. The first kappa shape index (κ1) is 23.1. The molecule has 1 aliphatic carbocycles. The Kier molecular flexibility index (Phi) is 8.04. The number of thiocarbonyl (C=S) groups is 1. The van der Waals surface area contributed by atoms with Gasteiger partial charge in [-0.2, -0.15) is 0 Å². The number of carbonyl (C=O) groups is 2. The van der Waals surface area contributed by atoms with E-state index >= 15 is 0 Å². The molecule has 1 aliphatic rings. The van der Waals surface area contributed by atoms with Crippen molar-refractivity contribution >= 4 is 46.6 Å². The van der Waals surface area contributed by atoms with Crippen molar-refractivity contribution in [2.75, 3.05) is 5.32 Å². The molecule has 9 heteroatoms.